The van der Waals surface area contributed by atoms with E-state index in [1.165, 1.54) is 11.9 Å². The van der Waals surface area contributed by atoms with Gasteiger partial charge in [0.1, 0.15) is 0 Å². The lowest BCUT2D eigenvalue weighted by Crippen LogP contribution is -2.41. The zero-order chi connectivity index (χ0) is 15.5. The van der Waals surface area contributed by atoms with E-state index in [9.17, 15) is 13.2 Å². The number of thiophene rings is 1. The molecule has 0 spiro atoms. The molecule has 1 aromatic heterocycles. The van der Waals surface area contributed by atoms with Gasteiger partial charge in [-0.1, -0.05) is 6.07 Å². The molecule has 1 aliphatic rings. The highest BCUT2D eigenvalue weighted by Crippen LogP contribution is 2.36. The first kappa shape index (κ1) is 16.8. The number of likely N-dealkylation sites (N-methyl/N-ethyl adjacent to an activating group) is 1. The molecule has 21 heavy (non-hydrogen) atoms. The molecule has 0 aliphatic carbocycles. The van der Waals surface area contributed by atoms with Gasteiger partial charge in [-0.15, -0.1) is 11.3 Å². The molecule has 5 nitrogen and oxygen atoms in total. The zero-order valence-electron chi connectivity index (χ0n) is 12.2. The van der Waals surface area contributed by atoms with Gasteiger partial charge in [0.25, 0.3) is 0 Å². The molecule has 1 atom stereocenters. The van der Waals surface area contributed by atoms with Gasteiger partial charge in [-0.2, -0.15) is 16.1 Å². The summed E-state index contributed by atoms with van der Waals surface area (Å²) in [5, 5.41) is 2.51. The zero-order valence-corrected chi connectivity index (χ0v) is 14.6. The molecule has 2 rings (SSSR count). The van der Waals surface area contributed by atoms with Gasteiger partial charge in [0.05, 0.1) is 12.8 Å². The number of sulfonamides is 1. The number of hydrogen-bond donors (Lipinski definition) is 0. The highest BCUT2D eigenvalue weighted by Gasteiger charge is 2.24. The van der Waals surface area contributed by atoms with Crippen molar-refractivity contribution >= 4 is 39.0 Å². The lowest BCUT2D eigenvalue weighted by atomic mass is 10.2. The molecule has 0 aromatic carbocycles. The van der Waals surface area contributed by atoms with Crippen LogP contribution in [0.15, 0.2) is 17.5 Å². The average molecular weight is 349 g/mol. The molecular formula is C13H20N2O3S3. The highest BCUT2D eigenvalue weighted by atomic mass is 32.2. The van der Waals surface area contributed by atoms with Gasteiger partial charge >= 0.3 is 0 Å². The SMILES string of the molecule is CN(CC(=O)N1CCS[C@H](c2cccs2)CC1)S(C)(=O)=O. The van der Waals surface area contributed by atoms with E-state index in [1.54, 1.807) is 16.2 Å². The number of amides is 1. The molecule has 1 aromatic rings. The predicted molar refractivity (Wildman–Crippen MR) is 88.2 cm³/mol. The van der Waals surface area contributed by atoms with Gasteiger partial charge in [0.2, 0.25) is 15.9 Å². The molecule has 1 amide bonds. The standard InChI is InChI=1S/C13H20N2O3S3/c1-14(21(2,17)18)10-13(16)15-6-5-12(20-9-7-15)11-4-3-8-19-11/h3-4,8,12H,5-7,9-10H2,1-2H3/t12-/m0/s1. The molecule has 0 unspecified atom stereocenters. The second-order valence-electron chi connectivity index (χ2n) is 5.06. The molecule has 8 heteroatoms. The van der Waals surface area contributed by atoms with E-state index in [1.807, 2.05) is 11.8 Å². The number of nitrogens with zero attached hydrogens (tertiary/aromatic N) is 2. The topological polar surface area (TPSA) is 57.7 Å². The molecule has 0 saturated carbocycles. The van der Waals surface area contributed by atoms with Crippen LogP contribution in [-0.2, 0) is 14.8 Å². The minimum Gasteiger partial charge on any atom is -0.341 e. The number of carbonyl (C=O) groups is 1. The third kappa shape index (κ3) is 4.70. The Kier molecular flexibility index (Phi) is 5.70. The van der Waals surface area contributed by atoms with E-state index in [-0.39, 0.29) is 12.5 Å². The quantitative estimate of drug-likeness (QED) is 0.830. The van der Waals surface area contributed by atoms with E-state index in [0.29, 0.717) is 18.3 Å². The smallest absolute Gasteiger partial charge is 0.237 e. The second-order valence-corrected chi connectivity index (χ2v) is 9.44. The fraction of sp³-hybridized carbons (Fsp3) is 0.615. The molecule has 2 heterocycles. The second kappa shape index (κ2) is 7.13. The van der Waals surface area contributed by atoms with Crippen molar-refractivity contribution in [1.82, 2.24) is 9.21 Å². The van der Waals surface area contributed by atoms with Crippen molar-refractivity contribution in [2.24, 2.45) is 0 Å². The summed E-state index contributed by atoms with van der Waals surface area (Å²) in [5.74, 6) is 0.770. The summed E-state index contributed by atoms with van der Waals surface area (Å²) in [4.78, 5) is 15.3. The van der Waals surface area contributed by atoms with Gasteiger partial charge in [-0.25, -0.2) is 8.42 Å². The van der Waals surface area contributed by atoms with Crippen molar-refractivity contribution in [3.63, 3.8) is 0 Å². The Morgan fingerprint density at radius 3 is 2.86 bits per heavy atom. The monoisotopic (exact) mass is 348 g/mol. The Hall–Kier alpha value is -0.570. The maximum Gasteiger partial charge on any atom is 0.237 e. The van der Waals surface area contributed by atoms with Crippen molar-refractivity contribution in [3.8, 4) is 0 Å². The fourth-order valence-corrected chi connectivity index (χ4v) is 4.71. The van der Waals surface area contributed by atoms with E-state index in [4.69, 9.17) is 0 Å². The minimum atomic E-state index is -3.31. The van der Waals surface area contributed by atoms with Gasteiger partial charge < -0.3 is 4.90 Å². The Balaban J connectivity index is 1.92. The molecule has 1 aliphatic heterocycles. The summed E-state index contributed by atoms with van der Waals surface area (Å²) in [6.07, 6.45) is 2.03. The van der Waals surface area contributed by atoms with Crippen LogP contribution in [0.5, 0.6) is 0 Å². The van der Waals surface area contributed by atoms with Crippen LogP contribution >= 0.6 is 23.1 Å². The van der Waals surface area contributed by atoms with Crippen LogP contribution in [0.1, 0.15) is 16.5 Å². The Morgan fingerprint density at radius 1 is 1.48 bits per heavy atom. The Labute approximate surface area is 134 Å². The number of hydrogen-bond acceptors (Lipinski definition) is 5. The number of thioether (sulfide) groups is 1. The summed E-state index contributed by atoms with van der Waals surface area (Å²) in [6, 6.07) is 4.19. The first-order chi connectivity index (χ1) is 9.88. The molecule has 0 radical (unpaired) electrons. The molecule has 1 fully saturated rings. The van der Waals surface area contributed by atoms with Crippen LogP contribution in [0.2, 0.25) is 0 Å². The van der Waals surface area contributed by atoms with Crippen LogP contribution in [0.3, 0.4) is 0 Å². The largest absolute Gasteiger partial charge is 0.341 e. The first-order valence-electron chi connectivity index (χ1n) is 6.72. The summed E-state index contributed by atoms with van der Waals surface area (Å²) < 4.78 is 23.9. The van der Waals surface area contributed by atoms with Crippen molar-refractivity contribution < 1.29 is 13.2 Å². The summed E-state index contributed by atoms with van der Waals surface area (Å²) >= 11 is 3.62. The third-order valence-electron chi connectivity index (χ3n) is 3.48. The van der Waals surface area contributed by atoms with Crippen molar-refractivity contribution in [1.29, 1.82) is 0 Å². The number of rotatable bonds is 4. The van der Waals surface area contributed by atoms with E-state index >= 15 is 0 Å². The maximum absolute atomic E-state index is 12.2. The first-order valence-corrected chi connectivity index (χ1v) is 10.5. The lowest BCUT2D eigenvalue weighted by molar-refractivity contribution is -0.130. The molecular weight excluding hydrogens is 328 g/mol. The molecule has 0 bridgehead atoms. The van der Waals surface area contributed by atoms with Crippen LogP contribution in [0, 0.1) is 0 Å². The summed E-state index contributed by atoms with van der Waals surface area (Å²) in [6.45, 7) is 1.29. The molecule has 0 N–H and O–H groups in total. The predicted octanol–water partition coefficient (Wildman–Crippen LogP) is 1.65. The van der Waals surface area contributed by atoms with Crippen LogP contribution in [0.4, 0.5) is 0 Å². The van der Waals surface area contributed by atoms with Crippen molar-refractivity contribution in [2.75, 3.05) is 38.7 Å². The minimum absolute atomic E-state index is 0.0762. The third-order valence-corrected chi connectivity index (χ3v) is 7.19. The maximum atomic E-state index is 12.2. The Bertz CT molecular complexity index is 571. The van der Waals surface area contributed by atoms with Crippen molar-refractivity contribution in [3.05, 3.63) is 22.4 Å². The lowest BCUT2D eigenvalue weighted by Gasteiger charge is -2.23. The van der Waals surface area contributed by atoms with Crippen molar-refractivity contribution in [2.45, 2.75) is 11.7 Å². The fourth-order valence-electron chi connectivity index (χ4n) is 2.13. The Morgan fingerprint density at radius 2 is 2.24 bits per heavy atom. The molecule has 118 valence electrons. The normalized spacial score (nSPS) is 20.5. The molecule has 1 saturated heterocycles. The van der Waals surface area contributed by atoms with Crippen LogP contribution in [0.25, 0.3) is 0 Å². The number of carbonyl (C=O) groups excluding carboxylic acids is 1. The van der Waals surface area contributed by atoms with E-state index < -0.39 is 10.0 Å². The van der Waals surface area contributed by atoms with E-state index in [2.05, 4.69) is 17.5 Å². The average Bonchev–Trinajstić information content (AvgIpc) is 2.82. The van der Waals surface area contributed by atoms with Gasteiger partial charge in [0.15, 0.2) is 0 Å². The van der Waals surface area contributed by atoms with Gasteiger partial charge in [-0.3, -0.25) is 4.79 Å². The highest BCUT2D eigenvalue weighted by molar-refractivity contribution is 7.99. The van der Waals surface area contributed by atoms with Gasteiger partial charge in [0, 0.05) is 36.0 Å². The van der Waals surface area contributed by atoms with E-state index in [0.717, 1.165) is 22.7 Å². The van der Waals surface area contributed by atoms with Crippen LogP contribution < -0.4 is 0 Å². The summed E-state index contributed by atoms with van der Waals surface area (Å²) in [5.41, 5.74) is 0. The summed E-state index contributed by atoms with van der Waals surface area (Å²) in [7, 11) is -1.87. The van der Waals surface area contributed by atoms with Crippen LogP contribution in [-0.4, -0.2) is 62.2 Å². The van der Waals surface area contributed by atoms with Gasteiger partial charge in [-0.05, 0) is 17.9 Å².